The van der Waals surface area contributed by atoms with E-state index in [0.717, 1.165) is 0 Å². The Morgan fingerprint density at radius 1 is 1.33 bits per heavy atom. The third kappa shape index (κ3) is 2.67. The molecule has 1 amide bonds. The van der Waals surface area contributed by atoms with Crippen LogP contribution in [0.25, 0.3) is 0 Å². The molecule has 0 saturated carbocycles. The predicted molar refractivity (Wildman–Crippen MR) is 92.0 cm³/mol. The maximum absolute atomic E-state index is 12.6. The van der Waals surface area contributed by atoms with Gasteiger partial charge in [0.25, 0.3) is 5.91 Å². The number of nitrogens with two attached hydrogens (primary N) is 1. The number of ketones is 1. The summed E-state index contributed by atoms with van der Waals surface area (Å²) in [5, 5.41) is 0.470. The number of rotatable bonds is 2. The van der Waals surface area contributed by atoms with Gasteiger partial charge in [0.1, 0.15) is 5.75 Å². The molecule has 2 N–H and O–H groups in total. The van der Waals surface area contributed by atoms with Gasteiger partial charge in [-0.2, -0.15) is 0 Å². The molecular formula is C18H21ClN2O3. The normalized spacial score (nSPS) is 21.2. The summed E-state index contributed by atoms with van der Waals surface area (Å²) in [4.78, 5) is 26.5. The van der Waals surface area contributed by atoms with E-state index in [9.17, 15) is 9.59 Å². The average molecular weight is 349 g/mol. The molecule has 5 nitrogen and oxygen atoms in total. The van der Waals surface area contributed by atoms with E-state index >= 15 is 0 Å². The van der Waals surface area contributed by atoms with Gasteiger partial charge in [0, 0.05) is 29.5 Å². The molecule has 24 heavy (non-hydrogen) atoms. The molecule has 1 aromatic carbocycles. The fraction of sp³-hybridized carbons (Fsp3) is 0.444. The van der Waals surface area contributed by atoms with Crippen LogP contribution in [0.2, 0.25) is 5.02 Å². The number of carbonyl (C=O) groups is 2. The van der Waals surface area contributed by atoms with Gasteiger partial charge in [0.05, 0.1) is 17.8 Å². The first-order valence-corrected chi connectivity index (χ1v) is 8.21. The number of hydrogen-bond acceptors (Lipinski definition) is 4. The molecular weight excluding hydrogens is 328 g/mol. The van der Waals surface area contributed by atoms with E-state index < -0.39 is 5.41 Å². The molecule has 1 saturated heterocycles. The summed E-state index contributed by atoms with van der Waals surface area (Å²) in [6.07, 6.45) is 2.54. The summed E-state index contributed by atoms with van der Waals surface area (Å²) < 4.78 is 5.16. The quantitative estimate of drug-likeness (QED) is 0.891. The Kier molecular flexibility index (Phi) is 3.87. The molecule has 0 radical (unpaired) electrons. The van der Waals surface area contributed by atoms with Crippen LogP contribution in [0.1, 0.15) is 30.6 Å². The van der Waals surface area contributed by atoms with Crippen molar-refractivity contribution in [3.8, 4) is 5.75 Å². The van der Waals surface area contributed by atoms with Gasteiger partial charge in [-0.3, -0.25) is 9.59 Å². The van der Waals surface area contributed by atoms with E-state index in [2.05, 4.69) is 0 Å². The van der Waals surface area contributed by atoms with Gasteiger partial charge in [-0.15, -0.1) is 0 Å². The first-order valence-electron chi connectivity index (χ1n) is 7.83. The summed E-state index contributed by atoms with van der Waals surface area (Å²) in [5.74, 6) is 0.392. The highest BCUT2D eigenvalue weighted by atomic mass is 35.5. The molecule has 1 heterocycles. The summed E-state index contributed by atoms with van der Waals surface area (Å²) in [6.45, 7) is 4.94. The van der Waals surface area contributed by atoms with Crippen LogP contribution in [0, 0.1) is 10.8 Å². The number of carbonyl (C=O) groups excluding carboxylic acids is 2. The van der Waals surface area contributed by atoms with Gasteiger partial charge in [0.15, 0.2) is 5.78 Å². The van der Waals surface area contributed by atoms with Crippen LogP contribution in [0.15, 0.2) is 30.0 Å². The van der Waals surface area contributed by atoms with Crippen LogP contribution < -0.4 is 10.5 Å². The van der Waals surface area contributed by atoms with E-state index in [1.807, 2.05) is 19.9 Å². The van der Waals surface area contributed by atoms with Crippen LogP contribution in [0.4, 0.5) is 0 Å². The molecule has 1 aliphatic carbocycles. The van der Waals surface area contributed by atoms with Crippen molar-refractivity contribution < 1.29 is 14.3 Å². The highest BCUT2D eigenvalue weighted by Gasteiger charge is 2.51. The zero-order chi connectivity index (χ0) is 17.7. The first-order chi connectivity index (χ1) is 11.2. The molecule has 2 aliphatic rings. The number of allylic oxidation sites excluding steroid dienone is 1. The van der Waals surface area contributed by atoms with Crippen molar-refractivity contribution in [3.05, 3.63) is 40.6 Å². The summed E-state index contributed by atoms with van der Waals surface area (Å²) in [5.41, 5.74) is 6.06. The minimum atomic E-state index is -0.489. The Hall–Kier alpha value is -2.01. The number of ether oxygens (including phenoxy) is 1. The van der Waals surface area contributed by atoms with Crippen LogP contribution in [0.5, 0.6) is 5.75 Å². The van der Waals surface area contributed by atoms with Crippen molar-refractivity contribution in [2.24, 2.45) is 16.6 Å². The number of methoxy groups -OCH3 is 1. The molecule has 0 bridgehead atoms. The zero-order valence-electron chi connectivity index (χ0n) is 14.1. The lowest BCUT2D eigenvalue weighted by Crippen LogP contribution is -2.61. The lowest BCUT2D eigenvalue weighted by Gasteiger charge is -2.53. The number of nitrogens with zero attached hydrogens (tertiary/aromatic N) is 1. The van der Waals surface area contributed by atoms with Crippen molar-refractivity contribution in [1.82, 2.24) is 4.90 Å². The van der Waals surface area contributed by atoms with Gasteiger partial charge in [-0.1, -0.05) is 25.4 Å². The number of hydrogen-bond donors (Lipinski definition) is 1. The highest BCUT2D eigenvalue weighted by molar-refractivity contribution is 6.32. The lowest BCUT2D eigenvalue weighted by atomic mass is 9.62. The Morgan fingerprint density at radius 3 is 2.58 bits per heavy atom. The van der Waals surface area contributed by atoms with Crippen LogP contribution in [-0.4, -0.2) is 36.8 Å². The number of Topliss-reactive ketones (excluding diaryl/α,β-unsaturated/α-hetero) is 1. The van der Waals surface area contributed by atoms with E-state index in [1.165, 1.54) is 7.11 Å². The van der Waals surface area contributed by atoms with Crippen molar-refractivity contribution >= 4 is 23.3 Å². The van der Waals surface area contributed by atoms with E-state index in [-0.39, 0.29) is 17.1 Å². The largest absolute Gasteiger partial charge is 0.495 e. The van der Waals surface area contributed by atoms with Gasteiger partial charge in [-0.05, 0) is 30.7 Å². The Bertz CT molecular complexity index is 749. The summed E-state index contributed by atoms with van der Waals surface area (Å²) >= 11 is 6.00. The summed E-state index contributed by atoms with van der Waals surface area (Å²) in [6, 6.07) is 4.99. The topological polar surface area (TPSA) is 72.6 Å². The van der Waals surface area contributed by atoms with Crippen LogP contribution in [0.3, 0.4) is 0 Å². The minimum absolute atomic E-state index is 0.0136. The molecule has 1 aliphatic heterocycles. The molecule has 0 atom stereocenters. The Balaban J connectivity index is 1.77. The molecule has 1 spiro atoms. The third-order valence-corrected chi connectivity index (χ3v) is 5.14. The number of likely N-dealkylation sites (tertiary alicyclic amines) is 1. The zero-order valence-corrected chi connectivity index (χ0v) is 14.8. The third-order valence-electron chi connectivity index (χ3n) is 4.83. The second kappa shape index (κ2) is 5.52. The second-order valence-electron chi connectivity index (χ2n) is 7.36. The molecule has 0 aromatic heterocycles. The predicted octanol–water partition coefficient (Wildman–Crippen LogP) is 2.63. The van der Waals surface area contributed by atoms with Crippen molar-refractivity contribution in [3.63, 3.8) is 0 Å². The van der Waals surface area contributed by atoms with Gasteiger partial charge < -0.3 is 15.4 Å². The van der Waals surface area contributed by atoms with Gasteiger partial charge in [0.2, 0.25) is 0 Å². The van der Waals surface area contributed by atoms with Crippen molar-refractivity contribution in [2.75, 3.05) is 20.2 Å². The number of amides is 1. The van der Waals surface area contributed by atoms with Crippen molar-refractivity contribution in [2.45, 2.75) is 20.3 Å². The fourth-order valence-electron chi connectivity index (χ4n) is 3.83. The highest BCUT2D eigenvalue weighted by Crippen LogP contribution is 2.47. The molecule has 1 fully saturated rings. The van der Waals surface area contributed by atoms with Gasteiger partial charge >= 0.3 is 0 Å². The van der Waals surface area contributed by atoms with Crippen LogP contribution >= 0.6 is 11.6 Å². The maximum Gasteiger partial charge on any atom is 0.254 e. The van der Waals surface area contributed by atoms with E-state index in [4.69, 9.17) is 22.1 Å². The van der Waals surface area contributed by atoms with E-state index in [0.29, 0.717) is 41.5 Å². The molecule has 128 valence electrons. The standard InChI is InChI=1S/C18H21ClN2O3/c1-17(2)8-18(7-13(20)15(17)22)9-21(10-18)16(23)11-4-5-12(19)14(6-11)24-3/h4-7H,8-10,20H2,1-3H3. The number of benzene rings is 1. The molecule has 6 heteroatoms. The first kappa shape index (κ1) is 16.8. The second-order valence-corrected chi connectivity index (χ2v) is 7.77. The lowest BCUT2D eigenvalue weighted by molar-refractivity contribution is -0.127. The van der Waals surface area contributed by atoms with E-state index in [1.54, 1.807) is 23.1 Å². The molecule has 3 rings (SSSR count). The summed E-state index contributed by atoms with van der Waals surface area (Å²) in [7, 11) is 1.52. The molecule has 1 aromatic rings. The Morgan fingerprint density at radius 2 is 2.00 bits per heavy atom. The van der Waals surface area contributed by atoms with Crippen LogP contribution in [-0.2, 0) is 4.79 Å². The average Bonchev–Trinajstić information content (AvgIpc) is 2.49. The fourth-order valence-corrected chi connectivity index (χ4v) is 4.03. The minimum Gasteiger partial charge on any atom is -0.495 e. The molecule has 0 unspecified atom stereocenters. The smallest absolute Gasteiger partial charge is 0.254 e. The van der Waals surface area contributed by atoms with Crippen molar-refractivity contribution in [1.29, 1.82) is 0 Å². The number of halogens is 1. The monoisotopic (exact) mass is 348 g/mol. The SMILES string of the molecule is COc1cc(C(=O)N2CC3(C=C(N)C(=O)C(C)(C)C3)C2)ccc1Cl. The maximum atomic E-state index is 12.6. The van der Waals surface area contributed by atoms with Gasteiger partial charge in [-0.25, -0.2) is 0 Å². The Labute approximate surface area is 146 Å².